The SMILES string of the molecule is CC(C)Oc1ccc(C(=O)[C@H]2C[C@@H]2C(=O)[O-])cc1Cl.[Na+]. The van der Waals surface area contributed by atoms with Gasteiger partial charge in [0, 0.05) is 23.4 Å². The van der Waals surface area contributed by atoms with Crippen LogP contribution in [0.2, 0.25) is 5.02 Å². The minimum absolute atomic E-state index is 0. The average molecular weight is 305 g/mol. The molecular weight excluding hydrogens is 291 g/mol. The quantitative estimate of drug-likeness (QED) is 0.501. The van der Waals surface area contributed by atoms with E-state index in [1.54, 1.807) is 12.1 Å². The van der Waals surface area contributed by atoms with Gasteiger partial charge in [0.1, 0.15) is 5.75 Å². The second-order valence-electron chi connectivity index (χ2n) is 4.94. The van der Waals surface area contributed by atoms with Gasteiger partial charge in [0.15, 0.2) is 5.78 Å². The summed E-state index contributed by atoms with van der Waals surface area (Å²) in [6.45, 7) is 3.76. The zero-order valence-electron chi connectivity index (χ0n) is 11.7. The minimum atomic E-state index is -1.16. The summed E-state index contributed by atoms with van der Waals surface area (Å²) in [4.78, 5) is 22.7. The third kappa shape index (κ3) is 3.98. The van der Waals surface area contributed by atoms with Crippen molar-refractivity contribution in [3.8, 4) is 5.75 Å². The van der Waals surface area contributed by atoms with Gasteiger partial charge in [0.25, 0.3) is 0 Å². The van der Waals surface area contributed by atoms with Crippen LogP contribution in [0.4, 0.5) is 0 Å². The molecular formula is C14H14ClNaO4. The van der Waals surface area contributed by atoms with Crippen molar-refractivity contribution in [2.75, 3.05) is 0 Å². The molecule has 2 rings (SSSR count). The Morgan fingerprint density at radius 1 is 1.35 bits per heavy atom. The maximum atomic E-state index is 12.0. The number of carboxylic acid groups (broad SMARTS) is 1. The van der Waals surface area contributed by atoms with Crippen LogP contribution in [0.25, 0.3) is 0 Å². The van der Waals surface area contributed by atoms with Gasteiger partial charge in [-0.3, -0.25) is 4.79 Å². The van der Waals surface area contributed by atoms with Crippen molar-refractivity contribution in [2.24, 2.45) is 11.8 Å². The summed E-state index contributed by atoms with van der Waals surface area (Å²) in [5.41, 5.74) is 0.412. The first kappa shape index (κ1) is 17.5. The van der Waals surface area contributed by atoms with Crippen LogP contribution in [0.1, 0.15) is 30.6 Å². The first-order valence-corrected chi connectivity index (χ1v) is 6.49. The fourth-order valence-electron chi connectivity index (χ4n) is 1.96. The van der Waals surface area contributed by atoms with Crippen molar-refractivity contribution >= 4 is 23.4 Å². The molecule has 1 aliphatic rings. The predicted octanol–water partition coefficient (Wildman–Crippen LogP) is -1.30. The number of carboxylic acids is 1. The number of Topliss-reactive ketones (excluding diaryl/α,β-unsaturated/α-hetero) is 1. The van der Waals surface area contributed by atoms with Gasteiger partial charge in [0.05, 0.1) is 11.1 Å². The van der Waals surface area contributed by atoms with Crippen LogP contribution < -0.4 is 39.4 Å². The fourth-order valence-corrected chi connectivity index (χ4v) is 2.19. The first-order chi connectivity index (χ1) is 8.90. The zero-order chi connectivity index (χ0) is 14.2. The van der Waals surface area contributed by atoms with Crippen LogP contribution >= 0.6 is 11.6 Å². The smallest absolute Gasteiger partial charge is 0.550 e. The van der Waals surface area contributed by atoms with Crippen molar-refractivity contribution in [1.82, 2.24) is 0 Å². The van der Waals surface area contributed by atoms with Crippen molar-refractivity contribution in [2.45, 2.75) is 26.4 Å². The summed E-state index contributed by atoms with van der Waals surface area (Å²) in [6.07, 6.45) is 0.341. The van der Waals surface area contributed by atoms with Crippen molar-refractivity contribution in [3.05, 3.63) is 28.8 Å². The number of hydrogen-bond acceptors (Lipinski definition) is 4. The molecule has 0 aromatic heterocycles. The molecule has 0 radical (unpaired) electrons. The Balaban J connectivity index is 0.00000200. The Morgan fingerprint density at radius 2 is 2.00 bits per heavy atom. The van der Waals surface area contributed by atoms with Crippen LogP contribution in [0.3, 0.4) is 0 Å². The third-order valence-corrected chi connectivity index (χ3v) is 3.30. The molecule has 0 spiro atoms. The van der Waals surface area contributed by atoms with Crippen LogP contribution in [0.5, 0.6) is 5.75 Å². The molecule has 0 N–H and O–H groups in total. The van der Waals surface area contributed by atoms with E-state index in [-0.39, 0.29) is 41.4 Å². The summed E-state index contributed by atoms with van der Waals surface area (Å²) >= 11 is 6.04. The first-order valence-electron chi connectivity index (χ1n) is 6.11. The Hall–Kier alpha value is -0.550. The number of carbonyl (C=O) groups is 2. The van der Waals surface area contributed by atoms with Gasteiger partial charge in [-0.1, -0.05) is 11.6 Å². The van der Waals surface area contributed by atoms with E-state index >= 15 is 0 Å². The predicted molar refractivity (Wildman–Crippen MR) is 68.2 cm³/mol. The van der Waals surface area contributed by atoms with E-state index in [0.29, 0.717) is 22.8 Å². The number of rotatable bonds is 5. The van der Waals surface area contributed by atoms with Crippen LogP contribution in [-0.4, -0.2) is 17.9 Å². The van der Waals surface area contributed by atoms with Gasteiger partial charge in [-0.15, -0.1) is 0 Å². The van der Waals surface area contributed by atoms with Gasteiger partial charge in [0.2, 0.25) is 0 Å². The Labute approximate surface area is 144 Å². The second kappa shape index (κ2) is 6.94. The number of halogens is 1. The molecule has 1 aliphatic carbocycles. The molecule has 0 aliphatic heterocycles. The van der Waals surface area contributed by atoms with Crippen LogP contribution in [0, 0.1) is 11.8 Å². The average Bonchev–Trinajstić information content (AvgIpc) is 3.10. The molecule has 0 unspecified atom stereocenters. The molecule has 6 heteroatoms. The molecule has 0 amide bonds. The Bertz CT molecular complexity index is 530. The summed E-state index contributed by atoms with van der Waals surface area (Å²) in [5.74, 6) is -1.98. The number of ether oxygens (including phenoxy) is 1. The van der Waals surface area contributed by atoms with Crippen molar-refractivity contribution in [3.63, 3.8) is 0 Å². The monoisotopic (exact) mass is 304 g/mol. The van der Waals surface area contributed by atoms with Crippen LogP contribution in [0.15, 0.2) is 18.2 Å². The van der Waals surface area contributed by atoms with E-state index in [4.69, 9.17) is 16.3 Å². The molecule has 1 aromatic carbocycles. The van der Waals surface area contributed by atoms with Gasteiger partial charge in [-0.25, -0.2) is 0 Å². The van der Waals surface area contributed by atoms with E-state index in [1.807, 2.05) is 13.8 Å². The summed E-state index contributed by atoms with van der Waals surface area (Å²) in [5, 5.41) is 11.0. The van der Waals surface area contributed by atoms with Crippen LogP contribution in [-0.2, 0) is 4.79 Å². The summed E-state index contributed by atoms with van der Waals surface area (Å²) in [7, 11) is 0. The number of hydrogen-bond donors (Lipinski definition) is 0. The maximum absolute atomic E-state index is 12.0. The minimum Gasteiger partial charge on any atom is -0.550 e. The number of ketones is 1. The zero-order valence-corrected chi connectivity index (χ0v) is 14.4. The fraction of sp³-hybridized carbons (Fsp3) is 0.429. The maximum Gasteiger partial charge on any atom is 1.00 e. The number of aliphatic carboxylic acids is 1. The normalized spacial score (nSPS) is 20.2. The largest absolute Gasteiger partial charge is 1.00 e. The molecule has 20 heavy (non-hydrogen) atoms. The standard InChI is InChI=1S/C14H15ClO4.Na/c1-7(2)19-12-4-3-8(5-11(12)15)13(16)9-6-10(9)14(17)18;/h3-5,7,9-10H,6H2,1-2H3,(H,17,18);/q;+1/p-1/t9-,10-;/m0./s1. The summed E-state index contributed by atoms with van der Waals surface area (Å²) < 4.78 is 5.47. The van der Waals surface area contributed by atoms with Crippen molar-refractivity contribution < 1.29 is 49.0 Å². The molecule has 0 heterocycles. The molecule has 1 fully saturated rings. The van der Waals surface area contributed by atoms with E-state index in [2.05, 4.69) is 0 Å². The van der Waals surface area contributed by atoms with Gasteiger partial charge in [-0.05, 0) is 38.5 Å². The molecule has 1 saturated carbocycles. The topological polar surface area (TPSA) is 66.4 Å². The second-order valence-corrected chi connectivity index (χ2v) is 5.35. The molecule has 4 nitrogen and oxygen atoms in total. The number of carbonyl (C=O) groups excluding carboxylic acids is 2. The number of benzene rings is 1. The van der Waals surface area contributed by atoms with Gasteiger partial charge in [-0.2, -0.15) is 0 Å². The molecule has 102 valence electrons. The Morgan fingerprint density at radius 3 is 2.45 bits per heavy atom. The van der Waals surface area contributed by atoms with E-state index in [9.17, 15) is 14.7 Å². The van der Waals surface area contributed by atoms with E-state index < -0.39 is 17.8 Å². The van der Waals surface area contributed by atoms with Gasteiger partial charge < -0.3 is 14.6 Å². The summed E-state index contributed by atoms with van der Waals surface area (Å²) in [6, 6.07) is 4.76. The van der Waals surface area contributed by atoms with E-state index in [0.717, 1.165) is 0 Å². The van der Waals surface area contributed by atoms with E-state index in [1.165, 1.54) is 6.07 Å². The van der Waals surface area contributed by atoms with Gasteiger partial charge >= 0.3 is 29.6 Å². The van der Waals surface area contributed by atoms with Crippen molar-refractivity contribution in [1.29, 1.82) is 0 Å². The molecule has 0 bridgehead atoms. The molecule has 0 saturated heterocycles. The molecule has 2 atom stereocenters. The third-order valence-electron chi connectivity index (χ3n) is 3.01. The molecule has 1 aromatic rings. The Kier molecular flexibility index (Phi) is 6.07.